The third kappa shape index (κ3) is 2.56. The van der Waals surface area contributed by atoms with Crippen molar-refractivity contribution in [3.63, 3.8) is 0 Å². The molecule has 4 nitrogen and oxygen atoms in total. The smallest absolute Gasteiger partial charge is 0.161 e. The predicted octanol–water partition coefficient (Wildman–Crippen LogP) is 1.65. The Labute approximate surface area is 89.6 Å². The molecule has 0 heterocycles. The summed E-state index contributed by atoms with van der Waals surface area (Å²) in [5.74, 6) is -3.63. The molecule has 0 spiro atoms. The fourth-order valence-electron chi connectivity index (χ4n) is 1.03. The largest absolute Gasteiger partial charge is 0.409 e. The van der Waals surface area contributed by atoms with Gasteiger partial charge in [-0.15, -0.1) is 0 Å². The molecule has 1 aromatic rings. The van der Waals surface area contributed by atoms with Crippen LogP contribution in [-0.2, 0) is 0 Å². The molecular weight excluding hydrogens is 223 g/mol. The number of nitrogens with zero attached hydrogens (tertiary/aromatic N) is 1. The molecule has 0 bridgehead atoms. The van der Waals surface area contributed by atoms with Crippen molar-refractivity contribution >= 4 is 11.5 Å². The van der Waals surface area contributed by atoms with Crippen LogP contribution in [0, 0.1) is 17.5 Å². The lowest BCUT2D eigenvalue weighted by molar-refractivity contribution is 0.316. The highest BCUT2D eigenvalue weighted by Crippen LogP contribution is 2.19. The van der Waals surface area contributed by atoms with E-state index in [1.807, 2.05) is 0 Å². The van der Waals surface area contributed by atoms with Crippen molar-refractivity contribution in [3.05, 3.63) is 29.6 Å². The Balaban J connectivity index is 2.94. The first-order valence-corrected chi connectivity index (χ1v) is 4.34. The number of rotatable bonds is 3. The van der Waals surface area contributed by atoms with Crippen LogP contribution in [0.5, 0.6) is 0 Å². The summed E-state index contributed by atoms with van der Waals surface area (Å²) in [7, 11) is 0. The topological polar surface area (TPSA) is 70.6 Å². The first-order valence-electron chi connectivity index (χ1n) is 4.34. The maximum Gasteiger partial charge on any atom is 0.161 e. The molecule has 0 saturated carbocycles. The minimum Gasteiger partial charge on any atom is -0.409 e. The summed E-state index contributed by atoms with van der Waals surface area (Å²) in [6.07, 6.45) is 0. The third-order valence-corrected chi connectivity index (χ3v) is 1.94. The van der Waals surface area contributed by atoms with Gasteiger partial charge in [0.1, 0.15) is 5.82 Å². The van der Waals surface area contributed by atoms with Gasteiger partial charge in [0, 0.05) is 12.1 Å². The number of oxime groups is 1. The van der Waals surface area contributed by atoms with Crippen molar-refractivity contribution in [1.29, 1.82) is 0 Å². The summed E-state index contributed by atoms with van der Waals surface area (Å²) < 4.78 is 38.5. The molecule has 4 N–H and O–H groups in total. The molecule has 1 aromatic carbocycles. The number of benzene rings is 1. The van der Waals surface area contributed by atoms with Gasteiger partial charge >= 0.3 is 0 Å². The molecule has 0 aliphatic carbocycles. The zero-order chi connectivity index (χ0) is 12.3. The minimum absolute atomic E-state index is 0.205. The summed E-state index contributed by atoms with van der Waals surface area (Å²) in [5, 5.41) is 13.5. The molecule has 7 heteroatoms. The summed E-state index contributed by atoms with van der Waals surface area (Å²) >= 11 is 0. The van der Waals surface area contributed by atoms with E-state index < -0.39 is 23.5 Å². The summed E-state index contributed by atoms with van der Waals surface area (Å²) in [4.78, 5) is 0. The van der Waals surface area contributed by atoms with Crippen molar-refractivity contribution < 1.29 is 18.4 Å². The Hall–Kier alpha value is -1.92. The van der Waals surface area contributed by atoms with Crippen molar-refractivity contribution in [2.75, 3.05) is 5.32 Å². The molecule has 0 saturated heterocycles. The predicted molar refractivity (Wildman–Crippen MR) is 52.8 cm³/mol. The number of anilines is 1. The van der Waals surface area contributed by atoms with E-state index in [0.717, 1.165) is 0 Å². The Bertz CT molecular complexity index is 423. The number of nitrogens with one attached hydrogen (secondary N) is 1. The average molecular weight is 233 g/mol. The van der Waals surface area contributed by atoms with Crippen LogP contribution in [0.25, 0.3) is 0 Å². The molecule has 88 valence electrons. The average Bonchev–Trinajstić information content (AvgIpc) is 2.24. The lowest BCUT2D eigenvalue weighted by atomic mass is 10.2. The molecule has 1 rings (SSSR count). The molecule has 0 amide bonds. The number of nitrogens with two attached hydrogens (primary N) is 1. The van der Waals surface area contributed by atoms with Gasteiger partial charge in [0.05, 0.1) is 11.7 Å². The van der Waals surface area contributed by atoms with Crippen molar-refractivity contribution in [1.82, 2.24) is 0 Å². The Morgan fingerprint density at radius 3 is 2.44 bits per heavy atom. The van der Waals surface area contributed by atoms with Crippen LogP contribution < -0.4 is 11.1 Å². The Kier molecular flexibility index (Phi) is 3.60. The van der Waals surface area contributed by atoms with Crippen LogP contribution in [0.4, 0.5) is 18.9 Å². The van der Waals surface area contributed by atoms with Gasteiger partial charge < -0.3 is 16.3 Å². The van der Waals surface area contributed by atoms with Gasteiger partial charge in [-0.05, 0) is 6.92 Å². The van der Waals surface area contributed by atoms with Gasteiger partial charge in [-0.2, -0.15) is 0 Å². The SMILES string of the molecule is CC(Nc1cc(F)c(F)cc1F)C(N)=NO. The van der Waals surface area contributed by atoms with Crippen LogP contribution in [0.2, 0.25) is 0 Å². The second-order valence-electron chi connectivity index (χ2n) is 3.14. The lowest BCUT2D eigenvalue weighted by Gasteiger charge is -2.14. The van der Waals surface area contributed by atoms with E-state index in [-0.39, 0.29) is 11.5 Å². The molecule has 0 fully saturated rings. The van der Waals surface area contributed by atoms with Crippen LogP contribution >= 0.6 is 0 Å². The second kappa shape index (κ2) is 4.73. The van der Waals surface area contributed by atoms with E-state index in [9.17, 15) is 13.2 Å². The Morgan fingerprint density at radius 1 is 1.31 bits per heavy atom. The van der Waals surface area contributed by atoms with Gasteiger partial charge in [0.15, 0.2) is 17.5 Å². The highest BCUT2D eigenvalue weighted by atomic mass is 19.2. The van der Waals surface area contributed by atoms with Crippen LogP contribution in [0.3, 0.4) is 0 Å². The third-order valence-electron chi connectivity index (χ3n) is 1.94. The first-order chi connectivity index (χ1) is 7.45. The highest BCUT2D eigenvalue weighted by Gasteiger charge is 2.13. The van der Waals surface area contributed by atoms with E-state index in [1.54, 1.807) is 0 Å². The maximum atomic E-state index is 13.1. The van der Waals surface area contributed by atoms with Crippen molar-refractivity contribution in [2.24, 2.45) is 10.9 Å². The van der Waals surface area contributed by atoms with E-state index >= 15 is 0 Å². The molecule has 0 aromatic heterocycles. The molecule has 1 atom stereocenters. The lowest BCUT2D eigenvalue weighted by Crippen LogP contribution is -2.33. The second-order valence-corrected chi connectivity index (χ2v) is 3.14. The monoisotopic (exact) mass is 233 g/mol. The van der Waals surface area contributed by atoms with Crippen molar-refractivity contribution in [3.8, 4) is 0 Å². The standard InChI is InChI=1S/C9H10F3N3O/c1-4(9(13)15-16)14-8-3-6(11)5(10)2-7(8)12/h2-4,14,16H,1H3,(H2,13,15). The summed E-state index contributed by atoms with van der Waals surface area (Å²) in [6, 6.07) is 0.354. The number of hydrogen-bond acceptors (Lipinski definition) is 3. The fourth-order valence-corrected chi connectivity index (χ4v) is 1.03. The summed E-state index contributed by atoms with van der Waals surface area (Å²) in [6.45, 7) is 1.47. The van der Waals surface area contributed by atoms with E-state index in [0.29, 0.717) is 12.1 Å². The molecule has 0 aliphatic heterocycles. The quantitative estimate of drug-likeness (QED) is 0.244. The number of halogens is 3. The Morgan fingerprint density at radius 2 is 1.88 bits per heavy atom. The normalized spacial score (nSPS) is 13.6. The number of hydrogen-bond donors (Lipinski definition) is 3. The zero-order valence-electron chi connectivity index (χ0n) is 8.34. The summed E-state index contributed by atoms with van der Waals surface area (Å²) in [5.41, 5.74) is 4.96. The van der Waals surface area contributed by atoms with E-state index in [1.165, 1.54) is 6.92 Å². The molecule has 16 heavy (non-hydrogen) atoms. The van der Waals surface area contributed by atoms with E-state index in [2.05, 4.69) is 10.5 Å². The maximum absolute atomic E-state index is 13.1. The van der Waals surface area contributed by atoms with Gasteiger partial charge in [-0.25, -0.2) is 13.2 Å². The first kappa shape index (κ1) is 12.2. The van der Waals surface area contributed by atoms with Crippen LogP contribution in [-0.4, -0.2) is 17.1 Å². The van der Waals surface area contributed by atoms with Gasteiger partial charge in [-0.1, -0.05) is 5.16 Å². The zero-order valence-corrected chi connectivity index (χ0v) is 8.34. The molecule has 0 aliphatic rings. The van der Waals surface area contributed by atoms with Crippen molar-refractivity contribution in [2.45, 2.75) is 13.0 Å². The van der Waals surface area contributed by atoms with Gasteiger partial charge in [0.2, 0.25) is 0 Å². The molecular formula is C9H10F3N3O. The molecule has 1 unspecified atom stereocenters. The highest BCUT2D eigenvalue weighted by molar-refractivity contribution is 5.87. The fraction of sp³-hybridized carbons (Fsp3) is 0.222. The van der Waals surface area contributed by atoms with Crippen LogP contribution in [0.1, 0.15) is 6.92 Å². The minimum atomic E-state index is -1.28. The van der Waals surface area contributed by atoms with Gasteiger partial charge in [-0.3, -0.25) is 0 Å². The molecule has 0 radical (unpaired) electrons. The van der Waals surface area contributed by atoms with Gasteiger partial charge in [0.25, 0.3) is 0 Å². The number of amidine groups is 1. The van der Waals surface area contributed by atoms with E-state index in [4.69, 9.17) is 10.9 Å². The van der Waals surface area contributed by atoms with Crippen LogP contribution in [0.15, 0.2) is 17.3 Å².